The largest absolute Gasteiger partial charge is 0.467 e. The Morgan fingerprint density at radius 2 is 2.18 bits per heavy atom. The molecule has 0 radical (unpaired) electrons. The van der Waals surface area contributed by atoms with E-state index in [0.717, 1.165) is 12.1 Å². The van der Waals surface area contributed by atoms with Crippen molar-refractivity contribution in [2.75, 3.05) is 13.7 Å². The highest BCUT2D eigenvalue weighted by atomic mass is 32.1. The number of amides is 1. The van der Waals surface area contributed by atoms with Crippen LogP contribution in [0.5, 0.6) is 0 Å². The van der Waals surface area contributed by atoms with Crippen LogP contribution in [0.25, 0.3) is 0 Å². The first-order valence-electron chi connectivity index (χ1n) is 7.24. The predicted molar refractivity (Wildman–Crippen MR) is 82.7 cm³/mol. The Hall–Kier alpha value is -1.63. The smallest absolute Gasteiger partial charge is 0.411 e. The van der Waals surface area contributed by atoms with Crippen LogP contribution in [0.2, 0.25) is 0 Å². The number of nitrogens with zero attached hydrogens (tertiary/aromatic N) is 2. The molecule has 0 spiro atoms. The number of methoxy groups -OCH3 is 1. The van der Waals surface area contributed by atoms with Crippen LogP contribution in [0.1, 0.15) is 39.3 Å². The second-order valence-electron chi connectivity index (χ2n) is 6.42. The topological polar surface area (TPSA) is 68.7 Å². The van der Waals surface area contributed by atoms with Crippen LogP contribution in [-0.2, 0) is 20.7 Å². The lowest BCUT2D eigenvalue weighted by molar-refractivity contribution is -0.153. The van der Waals surface area contributed by atoms with E-state index in [-0.39, 0.29) is 0 Å². The van der Waals surface area contributed by atoms with Crippen LogP contribution in [-0.4, -0.2) is 46.7 Å². The molecular weight excluding hydrogens is 304 g/mol. The monoisotopic (exact) mass is 326 g/mol. The van der Waals surface area contributed by atoms with Crippen molar-refractivity contribution in [1.29, 1.82) is 0 Å². The summed E-state index contributed by atoms with van der Waals surface area (Å²) in [6, 6.07) is 0. The molecule has 0 saturated carbocycles. The maximum atomic E-state index is 12.5. The Bertz CT molecular complexity index is 538. The van der Waals surface area contributed by atoms with Crippen LogP contribution >= 0.6 is 11.3 Å². The van der Waals surface area contributed by atoms with Gasteiger partial charge in [0.25, 0.3) is 0 Å². The second-order valence-corrected chi connectivity index (χ2v) is 7.13. The number of carbonyl (C=O) groups excluding carboxylic acids is 2. The molecule has 6 nitrogen and oxygen atoms in total. The molecular formula is C15H22N2O4S. The first kappa shape index (κ1) is 16.7. The van der Waals surface area contributed by atoms with Gasteiger partial charge in [-0.25, -0.2) is 14.6 Å². The fourth-order valence-electron chi connectivity index (χ4n) is 2.74. The van der Waals surface area contributed by atoms with Crippen molar-refractivity contribution in [2.45, 2.75) is 51.2 Å². The first-order valence-corrected chi connectivity index (χ1v) is 8.19. The lowest BCUT2D eigenvalue weighted by atomic mass is 9.90. The number of carbonyl (C=O) groups is 2. The number of rotatable bonds is 3. The Balaban J connectivity index is 2.30. The molecule has 1 aliphatic rings. The summed E-state index contributed by atoms with van der Waals surface area (Å²) in [7, 11) is 1.34. The molecule has 1 aromatic rings. The van der Waals surface area contributed by atoms with E-state index in [4.69, 9.17) is 9.47 Å². The number of likely N-dealkylation sites (tertiary alicyclic amines) is 1. The van der Waals surface area contributed by atoms with Gasteiger partial charge in [-0.1, -0.05) is 0 Å². The molecule has 1 amide bonds. The lowest BCUT2D eigenvalue weighted by Gasteiger charge is -2.36. The molecule has 0 aromatic carbocycles. The van der Waals surface area contributed by atoms with Gasteiger partial charge in [0.05, 0.1) is 18.3 Å². The van der Waals surface area contributed by atoms with Crippen molar-refractivity contribution in [3.05, 3.63) is 16.6 Å². The van der Waals surface area contributed by atoms with Gasteiger partial charge in [-0.15, -0.1) is 11.3 Å². The van der Waals surface area contributed by atoms with E-state index >= 15 is 0 Å². The van der Waals surface area contributed by atoms with Gasteiger partial charge in [0, 0.05) is 18.3 Å². The van der Waals surface area contributed by atoms with Crippen molar-refractivity contribution in [3.8, 4) is 0 Å². The summed E-state index contributed by atoms with van der Waals surface area (Å²) in [6.45, 7) is 5.90. The summed E-state index contributed by atoms with van der Waals surface area (Å²) in [6.07, 6.45) is 1.16. The molecule has 2 rings (SSSR count). The summed E-state index contributed by atoms with van der Waals surface area (Å²) in [5.74, 6) is -0.413. The molecule has 0 N–H and O–H groups in total. The minimum atomic E-state index is -1.02. The average Bonchev–Trinajstić information content (AvgIpc) is 3.06. The van der Waals surface area contributed by atoms with Crippen molar-refractivity contribution < 1.29 is 19.1 Å². The summed E-state index contributed by atoms with van der Waals surface area (Å²) in [4.78, 5) is 30.7. The normalized spacial score (nSPS) is 21.7. The van der Waals surface area contributed by atoms with Crippen LogP contribution in [0, 0.1) is 0 Å². The van der Waals surface area contributed by atoms with Crippen LogP contribution in [0.4, 0.5) is 4.79 Å². The van der Waals surface area contributed by atoms with Crippen molar-refractivity contribution >= 4 is 23.4 Å². The van der Waals surface area contributed by atoms with Crippen LogP contribution in [0.15, 0.2) is 10.9 Å². The Morgan fingerprint density at radius 3 is 2.73 bits per heavy atom. The Morgan fingerprint density at radius 1 is 1.45 bits per heavy atom. The lowest BCUT2D eigenvalue weighted by Crippen LogP contribution is -2.56. The SMILES string of the molecule is COC(=O)C1(Cc2cscn2)CCCN1C(=O)OC(C)(C)C. The first-order chi connectivity index (χ1) is 10.3. The molecule has 1 unspecified atom stereocenters. The van der Waals surface area contributed by atoms with Crippen LogP contribution in [0.3, 0.4) is 0 Å². The molecule has 1 saturated heterocycles. The third kappa shape index (κ3) is 3.40. The van der Waals surface area contributed by atoms with Crippen molar-refractivity contribution in [2.24, 2.45) is 0 Å². The third-order valence-corrected chi connectivity index (χ3v) is 4.26. The summed E-state index contributed by atoms with van der Waals surface area (Å²) in [5, 5.41) is 1.89. The predicted octanol–water partition coefficient (Wildman–Crippen LogP) is 2.63. The van der Waals surface area contributed by atoms with Crippen molar-refractivity contribution in [1.82, 2.24) is 9.88 Å². The quantitative estimate of drug-likeness (QED) is 0.799. The molecule has 1 fully saturated rings. The highest BCUT2D eigenvalue weighted by Gasteiger charge is 2.52. The molecule has 22 heavy (non-hydrogen) atoms. The molecule has 1 aliphatic heterocycles. The van der Waals surface area contributed by atoms with E-state index in [1.807, 2.05) is 5.38 Å². The molecule has 7 heteroatoms. The number of hydrogen-bond acceptors (Lipinski definition) is 6. The van der Waals surface area contributed by atoms with Crippen LogP contribution < -0.4 is 0 Å². The molecule has 0 bridgehead atoms. The van der Waals surface area contributed by atoms with Gasteiger partial charge in [-0.3, -0.25) is 4.90 Å². The summed E-state index contributed by atoms with van der Waals surface area (Å²) < 4.78 is 10.4. The highest BCUT2D eigenvalue weighted by Crippen LogP contribution is 2.35. The van der Waals surface area contributed by atoms with Crippen molar-refractivity contribution in [3.63, 3.8) is 0 Å². The fourth-order valence-corrected chi connectivity index (χ4v) is 3.30. The second kappa shape index (κ2) is 6.24. The van der Waals surface area contributed by atoms with E-state index < -0.39 is 23.2 Å². The summed E-state index contributed by atoms with van der Waals surface area (Å²) in [5.41, 5.74) is 0.867. The zero-order valence-electron chi connectivity index (χ0n) is 13.4. The van der Waals surface area contributed by atoms with E-state index in [2.05, 4.69) is 4.98 Å². The maximum Gasteiger partial charge on any atom is 0.411 e. The Labute approximate surface area is 134 Å². The molecule has 2 heterocycles. The van der Waals surface area contributed by atoms with Gasteiger partial charge in [0.15, 0.2) is 0 Å². The summed E-state index contributed by atoms with van der Waals surface area (Å²) >= 11 is 1.46. The maximum absolute atomic E-state index is 12.5. The standard InChI is InChI=1S/C15H22N2O4S/c1-14(2,3)21-13(19)17-7-5-6-15(17,12(18)20-4)8-11-9-22-10-16-11/h9-10H,5-8H2,1-4H3. The molecule has 122 valence electrons. The van der Waals surface area contributed by atoms with E-state index in [1.54, 1.807) is 26.3 Å². The number of esters is 1. The van der Waals surface area contributed by atoms with E-state index in [0.29, 0.717) is 19.4 Å². The van der Waals surface area contributed by atoms with E-state index in [9.17, 15) is 9.59 Å². The van der Waals surface area contributed by atoms with Gasteiger partial charge in [0.1, 0.15) is 11.1 Å². The fraction of sp³-hybridized carbons (Fsp3) is 0.667. The van der Waals surface area contributed by atoms with Gasteiger partial charge in [-0.05, 0) is 33.6 Å². The number of aromatic nitrogens is 1. The zero-order valence-corrected chi connectivity index (χ0v) is 14.2. The highest BCUT2D eigenvalue weighted by molar-refractivity contribution is 7.07. The van der Waals surface area contributed by atoms with Gasteiger partial charge in [-0.2, -0.15) is 0 Å². The zero-order chi connectivity index (χ0) is 16.4. The Kier molecular flexibility index (Phi) is 4.75. The van der Waals surface area contributed by atoms with Gasteiger partial charge < -0.3 is 9.47 Å². The molecule has 1 aromatic heterocycles. The minimum absolute atomic E-state index is 0.350. The third-order valence-electron chi connectivity index (χ3n) is 3.63. The average molecular weight is 326 g/mol. The van der Waals surface area contributed by atoms with E-state index in [1.165, 1.54) is 23.3 Å². The molecule has 0 aliphatic carbocycles. The van der Waals surface area contributed by atoms with Gasteiger partial charge >= 0.3 is 12.1 Å². The number of thiazole rings is 1. The molecule has 1 atom stereocenters. The minimum Gasteiger partial charge on any atom is -0.467 e. The number of ether oxygens (including phenoxy) is 2. The van der Waals surface area contributed by atoms with Gasteiger partial charge in [0.2, 0.25) is 0 Å². The number of hydrogen-bond donors (Lipinski definition) is 0.